The van der Waals surface area contributed by atoms with Crippen LogP contribution in [0.3, 0.4) is 0 Å². The molecule has 0 aliphatic carbocycles. The van der Waals surface area contributed by atoms with Crippen molar-refractivity contribution in [3.8, 4) is 0 Å². The number of hydrogen-bond donors (Lipinski definition) is 1. The zero-order chi connectivity index (χ0) is 12.3. The van der Waals surface area contributed by atoms with E-state index < -0.39 is 0 Å². The second-order valence-electron chi connectivity index (χ2n) is 3.69. The van der Waals surface area contributed by atoms with Crippen molar-refractivity contribution >= 4 is 21.7 Å². The number of oxazole rings is 1. The lowest BCUT2D eigenvalue weighted by atomic mass is 10.4. The Labute approximate surface area is 109 Å². The van der Waals surface area contributed by atoms with Crippen LogP contribution in [-0.2, 0) is 13.0 Å². The van der Waals surface area contributed by atoms with E-state index in [9.17, 15) is 0 Å². The molecule has 2 heterocycles. The first kappa shape index (κ1) is 12.1. The van der Waals surface area contributed by atoms with Crippen LogP contribution in [0.25, 0.3) is 0 Å². The van der Waals surface area contributed by atoms with Crippen LogP contribution in [0.2, 0.25) is 0 Å². The third kappa shape index (κ3) is 3.06. The fraction of sp³-hybridized carbons (Fsp3) is 0.333. The van der Waals surface area contributed by atoms with Gasteiger partial charge in [0.2, 0.25) is 5.89 Å². The summed E-state index contributed by atoms with van der Waals surface area (Å²) < 4.78 is 6.50. The average molecular weight is 296 g/mol. The minimum Gasteiger partial charge on any atom is -0.444 e. The highest BCUT2D eigenvalue weighted by Crippen LogP contribution is 2.16. The molecule has 0 saturated heterocycles. The molecule has 90 valence electrons. The summed E-state index contributed by atoms with van der Waals surface area (Å²) in [6.45, 7) is 4.54. The van der Waals surface area contributed by atoms with Crippen molar-refractivity contribution in [2.24, 2.45) is 0 Å². The average Bonchev–Trinajstić information content (AvgIpc) is 2.79. The Morgan fingerprint density at radius 3 is 2.88 bits per heavy atom. The molecule has 0 spiro atoms. The van der Waals surface area contributed by atoms with Crippen LogP contribution in [0, 0.1) is 6.92 Å². The summed E-state index contributed by atoms with van der Waals surface area (Å²) in [6.07, 6.45) is 2.62. The van der Waals surface area contributed by atoms with Gasteiger partial charge >= 0.3 is 0 Å². The molecule has 5 heteroatoms. The monoisotopic (exact) mass is 295 g/mol. The molecular weight excluding hydrogens is 282 g/mol. The predicted molar refractivity (Wildman–Crippen MR) is 69.9 cm³/mol. The lowest BCUT2D eigenvalue weighted by molar-refractivity contribution is 0.465. The van der Waals surface area contributed by atoms with E-state index in [1.54, 1.807) is 6.20 Å². The first-order valence-electron chi connectivity index (χ1n) is 5.49. The quantitative estimate of drug-likeness (QED) is 0.940. The van der Waals surface area contributed by atoms with Crippen LogP contribution in [0.4, 0.5) is 5.82 Å². The van der Waals surface area contributed by atoms with Crippen molar-refractivity contribution in [1.29, 1.82) is 0 Å². The number of aryl methyl sites for hydroxylation is 2. The topological polar surface area (TPSA) is 51.0 Å². The van der Waals surface area contributed by atoms with E-state index in [1.165, 1.54) is 0 Å². The smallest absolute Gasteiger partial charge is 0.213 e. The number of pyridine rings is 1. The van der Waals surface area contributed by atoms with Crippen LogP contribution in [-0.4, -0.2) is 9.97 Å². The van der Waals surface area contributed by atoms with Gasteiger partial charge in [0.25, 0.3) is 0 Å². The van der Waals surface area contributed by atoms with Gasteiger partial charge in [-0.1, -0.05) is 6.92 Å². The Morgan fingerprint density at radius 1 is 1.41 bits per heavy atom. The number of anilines is 1. The summed E-state index contributed by atoms with van der Waals surface area (Å²) in [4.78, 5) is 8.56. The van der Waals surface area contributed by atoms with Gasteiger partial charge in [-0.15, -0.1) is 0 Å². The maximum atomic E-state index is 5.50. The van der Waals surface area contributed by atoms with E-state index in [1.807, 2.05) is 26.0 Å². The van der Waals surface area contributed by atoms with E-state index in [4.69, 9.17) is 4.42 Å². The van der Waals surface area contributed by atoms with Gasteiger partial charge in [-0.05, 0) is 35.0 Å². The van der Waals surface area contributed by atoms with Crippen molar-refractivity contribution in [2.45, 2.75) is 26.8 Å². The lowest BCUT2D eigenvalue weighted by Gasteiger charge is -2.04. The molecule has 0 bridgehead atoms. The highest BCUT2D eigenvalue weighted by molar-refractivity contribution is 9.10. The fourth-order valence-electron chi connectivity index (χ4n) is 1.40. The number of nitrogens with one attached hydrogen (secondary N) is 1. The summed E-state index contributed by atoms with van der Waals surface area (Å²) in [7, 11) is 0. The first-order valence-corrected chi connectivity index (χ1v) is 6.29. The summed E-state index contributed by atoms with van der Waals surface area (Å²) >= 11 is 3.42. The van der Waals surface area contributed by atoms with Crippen LogP contribution in [0.15, 0.2) is 27.2 Å². The van der Waals surface area contributed by atoms with E-state index in [2.05, 4.69) is 31.2 Å². The van der Waals surface area contributed by atoms with Crippen molar-refractivity contribution < 1.29 is 4.42 Å². The van der Waals surface area contributed by atoms with Crippen LogP contribution in [0.1, 0.15) is 24.3 Å². The minimum absolute atomic E-state index is 0.550. The van der Waals surface area contributed by atoms with E-state index in [-0.39, 0.29) is 0 Å². The molecule has 2 aromatic heterocycles. The third-order valence-electron chi connectivity index (χ3n) is 2.39. The molecule has 4 nitrogen and oxygen atoms in total. The van der Waals surface area contributed by atoms with Crippen LogP contribution in [0.5, 0.6) is 0 Å². The second-order valence-corrected chi connectivity index (χ2v) is 4.55. The van der Waals surface area contributed by atoms with Crippen molar-refractivity contribution in [3.05, 3.63) is 40.1 Å². The standard InChI is InChI=1S/C12H14BrN3O/c1-3-9-6-15-12(17-9)7-14-11-5-4-10(13)8(2)16-11/h4-6H,3,7H2,1-2H3,(H,14,16). The molecule has 0 fully saturated rings. The van der Waals surface area contributed by atoms with Gasteiger partial charge in [-0.25, -0.2) is 9.97 Å². The van der Waals surface area contributed by atoms with Crippen molar-refractivity contribution in [2.75, 3.05) is 5.32 Å². The largest absolute Gasteiger partial charge is 0.444 e. The molecule has 0 radical (unpaired) electrons. The Morgan fingerprint density at radius 2 is 2.24 bits per heavy atom. The molecule has 2 rings (SSSR count). The zero-order valence-electron chi connectivity index (χ0n) is 9.83. The number of aromatic nitrogens is 2. The number of halogens is 1. The molecule has 0 atom stereocenters. The highest BCUT2D eigenvalue weighted by Gasteiger charge is 2.03. The summed E-state index contributed by atoms with van der Waals surface area (Å²) in [6, 6.07) is 3.89. The Kier molecular flexibility index (Phi) is 3.78. The van der Waals surface area contributed by atoms with Crippen molar-refractivity contribution in [3.63, 3.8) is 0 Å². The zero-order valence-corrected chi connectivity index (χ0v) is 11.4. The van der Waals surface area contributed by atoms with Crippen LogP contribution < -0.4 is 5.32 Å². The molecule has 0 unspecified atom stereocenters. The number of nitrogens with zero attached hydrogens (tertiary/aromatic N) is 2. The van der Waals surface area contributed by atoms with Gasteiger partial charge in [0.05, 0.1) is 18.4 Å². The number of rotatable bonds is 4. The summed E-state index contributed by atoms with van der Waals surface area (Å²) in [5.41, 5.74) is 0.955. The molecule has 0 saturated carbocycles. The summed E-state index contributed by atoms with van der Waals surface area (Å²) in [5, 5.41) is 3.18. The first-order chi connectivity index (χ1) is 8.19. The molecule has 1 N–H and O–H groups in total. The molecular formula is C12H14BrN3O. The molecule has 0 aromatic carbocycles. The van der Waals surface area contributed by atoms with E-state index in [0.717, 1.165) is 28.2 Å². The maximum absolute atomic E-state index is 5.50. The van der Waals surface area contributed by atoms with Gasteiger partial charge < -0.3 is 9.73 Å². The predicted octanol–water partition coefficient (Wildman–Crippen LogP) is 3.32. The Bertz CT molecular complexity index is 510. The van der Waals surface area contributed by atoms with Crippen molar-refractivity contribution in [1.82, 2.24) is 9.97 Å². The van der Waals surface area contributed by atoms with Gasteiger partial charge in [-0.2, -0.15) is 0 Å². The molecule has 0 amide bonds. The Balaban J connectivity index is 1.99. The summed E-state index contributed by atoms with van der Waals surface area (Å²) in [5.74, 6) is 2.41. The van der Waals surface area contributed by atoms with Gasteiger partial charge in [-0.3, -0.25) is 0 Å². The normalized spacial score (nSPS) is 10.5. The second kappa shape index (κ2) is 5.31. The third-order valence-corrected chi connectivity index (χ3v) is 3.23. The van der Waals surface area contributed by atoms with Crippen LogP contribution >= 0.6 is 15.9 Å². The number of hydrogen-bond acceptors (Lipinski definition) is 4. The SMILES string of the molecule is CCc1cnc(CNc2ccc(Br)c(C)n2)o1. The fourth-order valence-corrected chi connectivity index (χ4v) is 1.62. The molecule has 0 aliphatic rings. The van der Waals surface area contributed by atoms with Gasteiger partial charge in [0.1, 0.15) is 11.6 Å². The lowest BCUT2D eigenvalue weighted by Crippen LogP contribution is -2.02. The maximum Gasteiger partial charge on any atom is 0.213 e. The molecule has 17 heavy (non-hydrogen) atoms. The Hall–Kier alpha value is -1.36. The minimum atomic E-state index is 0.550. The van der Waals surface area contributed by atoms with Gasteiger partial charge in [0.15, 0.2) is 0 Å². The van der Waals surface area contributed by atoms with E-state index >= 15 is 0 Å². The molecule has 0 aliphatic heterocycles. The van der Waals surface area contributed by atoms with E-state index in [0.29, 0.717) is 12.4 Å². The highest BCUT2D eigenvalue weighted by atomic mass is 79.9. The molecule has 2 aromatic rings. The van der Waals surface area contributed by atoms with Gasteiger partial charge in [0, 0.05) is 10.9 Å².